The van der Waals surface area contributed by atoms with Gasteiger partial charge in [-0.2, -0.15) is 4.98 Å². The Hall–Kier alpha value is -1.91. The van der Waals surface area contributed by atoms with E-state index in [9.17, 15) is 4.79 Å². The number of aryl methyl sites for hydroxylation is 1. The summed E-state index contributed by atoms with van der Waals surface area (Å²) in [6.45, 7) is 1.92. The lowest BCUT2D eigenvalue weighted by atomic mass is 10.3. The Balaban J connectivity index is 2.50. The second-order valence-corrected chi connectivity index (χ2v) is 2.78. The van der Waals surface area contributed by atoms with E-state index in [2.05, 4.69) is 15.1 Å². The van der Waals surface area contributed by atoms with E-state index < -0.39 is 0 Å². The molecule has 2 rings (SSSR count). The third kappa shape index (κ3) is 1.44. The lowest BCUT2D eigenvalue weighted by molar-refractivity contribution is 0.423. The number of nitrogens with one attached hydrogen (secondary N) is 1. The summed E-state index contributed by atoms with van der Waals surface area (Å²) in [7, 11) is 0. The Morgan fingerprint density at radius 2 is 2.43 bits per heavy atom. The van der Waals surface area contributed by atoms with Gasteiger partial charge in [-0.25, -0.2) is 0 Å². The first-order chi connectivity index (χ1) is 6.81. The zero-order valence-corrected chi connectivity index (χ0v) is 7.65. The van der Waals surface area contributed by atoms with Gasteiger partial charge in [-0.1, -0.05) is 12.1 Å². The SMILES string of the molecule is CCc1noc(-c2ccc[nH]c2=O)n1. The topological polar surface area (TPSA) is 71.8 Å². The molecular weight excluding hydrogens is 182 g/mol. The third-order valence-corrected chi connectivity index (χ3v) is 1.83. The summed E-state index contributed by atoms with van der Waals surface area (Å²) in [5.74, 6) is 0.868. The molecule has 1 N–H and O–H groups in total. The number of pyridine rings is 1. The van der Waals surface area contributed by atoms with Crippen LogP contribution in [0.4, 0.5) is 0 Å². The molecule has 5 heteroatoms. The Kier molecular flexibility index (Phi) is 2.14. The van der Waals surface area contributed by atoms with Crippen LogP contribution in [0.5, 0.6) is 0 Å². The molecule has 0 unspecified atom stereocenters. The summed E-state index contributed by atoms with van der Waals surface area (Å²) in [5, 5.41) is 3.71. The molecule has 0 amide bonds. The fourth-order valence-corrected chi connectivity index (χ4v) is 1.10. The first-order valence-electron chi connectivity index (χ1n) is 4.32. The molecule has 0 aromatic carbocycles. The van der Waals surface area contributed by atoms with Gasteiger partial charge in [0.15, 0.2) is 5.82 Å². The van der Waals surface area contributed by atoms with Gasteiger partial charge in [0.25, 0.3) is 11.4 Å². The number of hydrogen-bond acceptors (Lipinski definition) is 4. The molecule has 2 aromatic heterocycles. The van der Waals surface area contributed by atoms with Gasteiger partial charge in [0, 0.05) is 12.6 Å². The normalized spacial score (nSPS) is 10.4. The molecule has 0 spiro atoms. The molecular formula is C9H9N3O2. The van der Waals surface area contributed by atoms with Crippen molar-refractivity contribution in [1.29, 1.82) is 0 Å². The number of aromatic amines is 1. The molecule has 14 heavy (non-hydrogen) atoms. The molecule has 0 aliphatic heterocycles. The van der Waals surface area contributed by atoms with E-state index in [0.717, 1.165) is 0 Å². The Morgan fingerprint density at radius 1 is 1.57 bits per heavy atom. The quantitative estimate of drug-likeness (QED) is 0.768. The summed E-state index contributed by atoms with van der Waals surface area (Å²) in [5.41, 5.74) is 0.179. The molecule has 0 saturated carbocycles. The van der Waals surface area contributed by atoms with Gasteiger partial charge in [0.1, 0.15) is 5.56 Å². The summed E-state index contributed by atoms with van der Waals surface area (Å²) in [6, 6.07) is 3.36. The number of hydrogen-bond donors (Lipinski definition) is 1. The minimum atomic E-state index is -0.223. The summed E-state index contributed by atoms with van der Waals surface area (Å²) >= 11 is 0. The van der Waals surface area contributed by atoms with Crippen molar-refractivity contribution in [2.75, 3.05) is 0 Å². The molecule has 0 radical (unpaired) electrons. The predicted octanol–water partition coefficient (Wildman–Crippen LogP) is 0.987. The Morgan fingerprint density at radius 3 is 3.07 bits per heavy atom. The molecule has 0 atom stereocenters. The van der Waals surface area contributed by atoms with E-state index in [-0.39, 0.29) is 11.4 Å². The lowest BCUT2D eigenvalue weighted by Crippen LogP contribution is -2.06. The monoisotopic (exact) mass is 191 g/mol. The standard InChI is InChI=1S/C9H9N3O2/c1-2-7-11-9(14-12-7)6-4-3-5-10-8(6)13/h3-5H,2H2,1H3,(H,10,13). The van der Waals surface area contributed by atoms with Gasteiger partial charge >= 0.3 is 0 Å². The molecule has 0 bridgehead atoms. The smallest absolute Gasteiger partial charge is 0.263 e. The zero-order chi connectivity index (χ0) is 9.97. The minimum absolute atomic E-state index is 0.223. The highest BCUT2D eigenvalue weighted by Crippen LogP contribution is 2.11. The Labute approximate surface area is 79.8 Å². The number of aromatic nitrogens is 3. The molecule has 0 aliphatic carbocycles. The molecule has 0 saturated heterocycles. The zero-order valence-electron chi connectivity index (χ0n) is 7.65. The van der Waals surface area contributed by atoms with E-state index in [4.69, 9.17) is 4.52 Å². The highest BCUT2D eigenvalue weighted by atomic mass is 16.5. The lowest BCUT2D eigenvalue weighted by Gasteiger charge is -1.89. The van der Waals surface area contributed by atoms with Crippen LogP contribution in [0.1, 0.15) is 12.7 Å². The van der Waals surface area contributed by atoms with Crippen LogP contribution in [-0.2, 0) is 6.42 Å². The predicted molar refractivity (Wildman–Crippen MR) is 49.7 cm³/mol. The molecule has 2 heterocycles. The fraction of sp³-hybridized carbons (Fsp3) is 0.222. The highest BCUT2D eigenvalue weighted by molar-refractivity contribution is 5.50. The van der Waals surface area contributed by atoms with Crippen LogP contribution in [0.25, 0.3) is 11.5 Å². The highest BCUT2D eigenvalue weighted by Gasteiger charge is 2.10. The van der Waals surface area contributed by atoms with E-state index in [1.165, 1.54) is 0 Å². The van der Waals surface area contributed by atoms with E-state index in [1.807, 2.05) is 6.92 Å². The second kappa shape index (κ2) is 3.45. The number of rotatable bonds is 2. The van der Waals surface area contributed by atoms with E-state index >= 15 is 0 Å². The van der Waals surface area contributed by atoms with Crippen molar-refractivity contribution in [3.8, 4) is 11.5 Å². The van der Waals surface area contributed by atoms with Crippen molar-refractivity contribution in [3.63, 3.8) is 0 Å². The second-order valence-electron chi connectivity index (χ2n) is 2.78. The van der Waals surface area contributed by atoms with Crippen LogP contribution >= 0.6 is 0 Å². The maximum Gasteiger partial charge on any atom is 0.263 e. The van der Waals surface area contributed by atoms with Crippen molar-refractivity contribution in [1.82, 2.24) is 15.1 Å². The van der Waals surface area contributed by atoms with Gasteiger partial charge in [-0.05, 0) is 12.1 Å². The maximum atomic E-state index is 11.3. The molecule has 0 aliphatic rings. The summed E-state index contributed by atoms with van der Waals surface area (Å²) in [4.78, 5) is 17.9. The van der Waals surface area contributed by atoms with E-state index in [1.54, 1.807) is 18.3 Å². The maximum absolute atomic E-state index is 11.3. The summed E-state index contributed by atoms with van der Waals surface area (Å²) < 4.78 is 4.94. The van der Waals surface area contributed by atoms with Crippen molar-refractivity contribution in [2.45, 2.75) is 13.3 Å². The first-order valence-corrected chi connectivity index (χ1v) is 4.32. The van der Waals surface area contributed by atoms with Crippen molar-refractivity contribution < 1.29 is 4.52 Å². The van der Waals surface area contributed by atoms with Crippen LogP contribution in [0.3, 0.4) is 0 Å². The van der Waals surface area contributed by atoms with Crippen LogP contribution in [0.15, 0.2) is 27.6 Å². The van der Waals surface area contributed by atoms with Gasteiger partial charge < -0.3 is 9.51 Å². The summed E-state index contributed by atoms with van der Waals surface area (Å²) in [6.07, 6.45) is 2.25. The molecule has 2 aromatic rings. The fourth-order valence-electron chi connectivity index (χ4n) is 1.10. The minimum Gasteiger partial charge on any atom is -0.334 e. The van der Waals surface area contributed by atoms with Crippen LogP contribution < -0.4 is 5.56 Å². The first kappa shape index (κ1) is 8.68. The van der Waals surface area contributed by atoms with Crippen LogP contribution in [0, 0.1) is 0 Å². The van der Waals surface area contributed by atoms with Crippen molar-refractivity contribution in [3.05, 3.63) is 34.5 Å². The van der Waals surface area contributed by atoms with Crippen LogP contribution in [0.2, 0.25) is 0 Å². The third-order valence-electron chi connectivity index (χ3n) is 1.83. The molecule has 5 nitrogen and oxygen atoms in total. The van der Waals surface area contributed by atoms with Gasteiger partial charge in [0.05, 0.1) is 0 Å². The van der Waals surface area contributed by atoms with Crippen molar-refractivity contribution in [2.24, 2.45) is 0 Å². The van der Waals surface area contributed by atoms with Crippen LogP contribution in [-0.4, -0.2) is 15.1 Å². The Bertz CT molecular complexity index is 487. The molecule has 72 valence electrons. The largest absolute Gasteiger partial charge is 0.334 e. The van der Waals surface area contributed by atoms with Gasteiger partial charge in [-0.15, -0.1) is 0 Å². The van der Waals surface area contributed by atoms with Gasteiger partial charge in [-0.3, -0.25) is 4.79 Å². The number of H-pyrrole nitrogens is 1. The van der Waals surface area contributed by atoms with Gasteiger partial charge in [0.2, 0.25) is 0 Å². The van der Waals surface area contributed by atoms with E-state index in [0.29, 0.717) is 17.8 Å². The number of nitrogens with zero attached hydrogens (tertiary/aromatic N) is 2. The average Bonchev–Trinajstić information content (AvgIpc) is 2.67. The average molecular weight is 191 g/mol. The van der Waals surface area contributed by atoms with Crippen molar-refractivity contribution >= 4 is 0 Å². The molecule has 0 fully saturated rings.